The number of benzene rings is 2. The van der Waals surface area contributed by atoms with Gasteiger partial charge in [0.15, 0.2) is 0 Å². The third kappa shape index (κ3) is 10.1. The summed E-state index contributed by atoms with van der Waals surface area (Å²) < 4.78 is 0. The van der Waals surface area contributed by atoms with Crippen molar-refractivity contribution >= 4 is 29.7 Å². The van der Waals surface area contributed by atoms with Crippen molar-refractivity contribution in [1.82, 2.24) is 16.0 Å². The number of nitrogens with one attached hydrogen (secondary N) is 3. The maximum atomic E-state index is 13.2. The molecule has 210 valence electrons. The highest BCUT2D eigenvalue weighted by Crippen LogP contribution is 2.12. The van der Waals surface area contributed by atoms with Gasteiger partial charge in [0, 0.05) is 6.42 Å². The number of aliphatic hydroxyl groups excluding tert-OH is 1. The van der Waals surface area contributed by atoms with Crippen LogP contribution in [0, 0.1) is 0 Å². The minimum Gasteiger partial charge on any atom is -0.508 e. The Balaban J connectivity index is 2.22. The maximum Gasteiger partial charge on any atom is 0.326 e. The Morgan fingerprint density at radius 3 is 1.87 bits per heavy atom. The van der Waals surface area contributed by atoms with E-state index in [4.69, 9.17) is 10.8 Å². The molecule has 0 heterocycles. The van der Waals surface area contributed by atoms with E-state index in [-0.39, 0.29) is 18.6 Å². The van der Waals surface area contributed by atoms with E-state index in [0.29, 0.717) is 5.56 Å². The zero-order chi connectivity index (χ0) is 29.1. The molecule has 0 aliphatic rings. The summed E-state index contributed by atoms with van der Waals surface area (Å²) in [6.07, 6.45) is -2.35. The fourth-order valence-electron chi connectivity index (χ4n) is 3.61. The molecule has 0 saturated heterocycles. The summed E-state index contributed by atoms with van der Waals surface area (Å²) in [5.74, 6) is -5.82. The van der Waals surface area contributed by atoms with E-state index in [0.717, 1.165) is 5.56 Å². The molecular weight excluding hydrogens is 512 g/mol. The Morgan fingerprint density at radius 2 is 1.33 bits per heavy atom. The maximum absolute atomic E-state index is 13.2. The van der Waals surface area contributed by atoms with Crippen LogP contribution in [0.15, 0.2) is 54.6 Å². The first kappa shape index (κ1) is 30.7. The molecule has 0 spiro atoms. The molecule has 39 heavy (non-hydrogen) atoms. The van der Waals surface area contributed by atoms with Gasteiger partial charge in [-0.3, -0.25) is 19.2 Å². The van der Waals surface area contributed by atoms with Crippen LogP contribution in [0.1, 0.15) is 24.5 Å². The number of nitrogens with two attached hydrogens (primary N) is 1. The Labute approximate surface area is 224 Å². The van der Waals surface area contributed by atoms with Gasteiger partial charge in [-0.05, 0) is 36.6 Å². The third-order valence-electron chi connectivity index (χ3n) is 5.70. The zero-order valence-corrected chi connectivity index (χ0v) is 21.1. The number of phenols is 1. The lowest BCUT2D eigenvalue weighted by molar-refractivity contribution is -0.148. The van der Waals surface area contributed by atoms with Crippen LogP contribution < -0.4 is 21.7 Å². The van der Waals surface area contributed by atoms with Crippen LogP contribution in [0.5, 0.6) is 5.75 Å². The van der Waals surface area contributed by atoms with Gasteiger partial charge in [0.05, 0.1) is 18.6 Å². The van der Waals surface area contributed by atoms with Gasteiger partial charge >= 0.3 is 11.9 Å². The molecule has 0 aliphatic heterocycles. The lowest BCUT2D eigenvalue weighted by atomic mass is 10.0. The van der Waals surface area contributed by atoms with Crippen LogP contribution in [-0.4, -0.2) is 80.4 Å². The topological polar surface area (TPSA) is 228 Å². The number of rotatable bonds is 14. The van der Waals surface area contributed by atoms with Gasteiger partial charge in [-0.2, -0.15) is 0 Å². The second-order valence-electron chi connectivity index (χ2n) is 8.95. The van der Waals surface area contributed by atoms with Crippen molar-refractivity contribution < 1.29 is 44.4 Å². The number of carboxylic acid groups (broad SMARTS) is 2. The summed E-state index contributed by atoms with van der Waals surface area (Å²) in [5.41, 5.74) is 7.38. The van der Waals surface area contributed by atoms with Gasteiger partial charge in [0.2, 0.25) is 17.7 Å². The summed E-state index contributed by atoms with van der Waals surface area (Å²) in [4.78, 5) is 61.1. The van der Waals surface area contributed by atoms with Crippen molar-refractivity contribution in [3.05, 3.63) is 65.7 Å². The summed E-state index contributed by atoms with van der Waals surface area (Å²) in [5, 5.41) is 44.6. The van der Waals surface area contributed by atoms with E-state index < -0.39 is 66.4 Å². The summed E-state index contributed by atoms with van der Waals surface area (Å²) >= 11 is 0. The molecule has 0 radical (unpaired) electrons. The molecule has 2 aromatic rings. The van der Waals surface area contributed by atoms with Crippen LogP contribution in [0.4, 0.5) is 0 Å². The fraction of sp³-hybridized carbons (Fsp3) is 0.346. The lowest BCUT2D eigenvalue weighted by Gasteiger charge is -2.26. The Kier molecular flexibility index (Phi) is 11.4. The Bertz CT molecular complexity index is 1160. The molecule has 3 amide bonds. The number of aliphatic carboxylic acids is 2. The quantitative estimate of drug-likeness (QED) is 0.143. The normalized spacial score (nSPS) is 14.6. The average Bonchev–Trinajstić information content (AvgIpc) is 2.87. The molecule has 2 rings (SSSR count). The highest BCUT2D eigenvalue weighted by atomic mass is 16.4. The number of hydrogen-bond acceptors (Lipinski definition) is 8. The first-order valence-corrected chi connectivity index (χ1v) is 12.0. The number of carbonyl (C=O) groups is 5. The van der Waals surface area contributed by atoms with Gasteiger partial charge in [-0.25, -0.2) is 4.79 Å². The third-order valence-corrected chi connectivity index (χ3v) is 5.70. The monoisotopic (exact) mass is 544 g/mol. The zero-order valence-electron chi connectivity index (χ0n) is 21.1. The second-order valence-corrected chi connectivity index (χ2v) is 8.95. The number of phenolic OH excluding ortho intramolecular Hbond substituents is 1. The summed E-state index contributed by atoms with van der Waals surface area (Å²) in [7, 11) is 0. The van der Waals surface area contributed by atoms with Crippen molar-refractivity contribution in [2.24, 2.45) is 5.73 Å². The number of aromatic hydroxyl groups is 1. The average molecular weight is 545 g/mol. The summed E-state index contributed by atoms with van der Waals surface area (Å²) in [6, 6.07) is 8.97. The first-order chi connectivity index (χ1) is 18.4. The van der Waals surface area contributed by atoms with Gasteiger partial charge < -0.3 is 42.1 Å². The molecule has 0 aliphatic carbocycles. The van der Waals surface area contributed by atoms with E-state index in [1.54, 1.807) is 24.3 Å². The minimum atomic E-state index is -1.81. The molecule has 0 saturated carbocycles. The standard InChI is InChI=1S/C26H32N4O9/c1-14(31)22(25(37)29-20(26(38)39)13-21(33)34)30-24(36)19(12-16-7-9-17(32)10-8-16)28-23(35)18(27)11-15-5-3-2-4-6-15/h2-10,14,18-20,22,31-32H,11-13,27H2,1H3,(H,28,35)(H,29,37)(H,30,36)(H,33,34)(H,38,39). The van der Waals surface area contributed by atoms with Gasteiger partial charge in [-0.1, -0.05) is 42.5 Å². The highest BCUT2D eigenvalue weighted by molar-refractivity contribution is 5.95. The molecule has 13 nitrogen and oxygen atoms in total. The molecule has 2 aromatic carbocycles. The number of aliphatic hydroxyl groups is 1. The Hall–Kier alpha value is -4.49. The largest absolute Gasteiger partial charge is 0.508 e. The van der Waals surface area contributed by atoms with E-state index in [1.165, 1.54) is 31.2 Å². The highest BCUT2D eigenvalue weighted by Gasteiger charge is 2.33. The molecule has 5 unspecified atom stereocenters. The van der Waals surface area contributed by atoms with Gasteiger partial charge in [0.25, 0.3) is 0 Å². The fourth-order valence-corrected chi connectivity index (χ4v) is 3.61. The van der Waals surface area contributed by atoms with Crippen LogP contribution in [0.25, 0.3) is 0 Å². The van der Waals surface area contributed by atoms with E-state index in [1.807, 2.05) is 11.4 Å². The van der Waals surface area contributed by atoms with Crippen LogP contribution in [-0.2, 0) is 36.8 Å². The number of carbonyl (C=O) groups excluding carboxylic acids is 3. The van der Waals surface area contributed by atoms with Gasteiger partial charge in [0.1, 0.15) is 23.9 Å². The van der Waals surface area contributed by atoms with Crippen molar-refractivity contribution in [2.45, 2.75) is 56.5 Å². The number of amides is 3. The predicted octanol–water partition coefficient (Wildman–Crippen LogP) is -1.10. The minimum absolute atomic E-state index is 0.0196. The molecule has 0 fully saturated rings. The summed E-state index contributed by atoms with van der Waals surface area (Å²) in [6.45, 7) is 1.17. The van der Waals surface area contributed by atoms with Crippen LogP contribution in [0.2, 0.25) is 0 Å². The van der Waals surface area contributed by atoms with Crippen molar-refractivity contribution in [2.75, 3.05) is 0 Å². The second kappa shape index (κ2) is 14.4. The molecule has 13 heteroatoms. The van der Waals surface area contributed by atoms with Gasteiger partial charge in [-0.15, -0.1) is 0 Å². The number of carboxylic acids is 2. The molecular formula is C26H32N4O9. The van der Waals surface area contributed by atoms with Crippen molar-refractivity contribution in [3.8, 4) is 5.75 Å². The van der Waals surface area contributed by atoms with E-state index in [2.05, 4.69) is 10.6 Å². The lowest BCUT2D eigenvalue weighted by Crippen LogP contribution is -2.60. The van der Waals surface area contributed by atoms with E-state index >= 15 is 0 Å². The predicted molar refractivity (Wildman–Crippen MR) is 137 cm³/mol. The smallest absolute Gasteiger partial charge is 0.326 e. The molecule has 5 atom stereocenters. The SMILES string of the molecule is CC(O)C(NC(=O)C(Cc1ccc(O)cc1)NC(=O)C(N)Cc1ccccc1)C(=O)NC(CC(=O)O)C(=O)O. The van der Waals surface area contributed by atoms with Crippen molar-refractivity contribution in [3.63, 3.8) is 0 Å². The van der Waals surface area contributed by atoms with Crippen LogP contribution >= 0.6 is 0 Å². The molecule has 0 bridgehead atoms. The molecule has 9 N–H and O–H groups in total. The first-order valence-electron chi connectivity index (χ1n) is 12.0. The van der Waals surface area contributed by atoms with Crippen molar-refractivity contribution in [1.29, 1.82) is 0 Å². The van der Waals surface area contributed by atoms with Crippen LogP contribution in [0.3, 0.4) is 0 Å². The number of hydrogen-bond donors (Lipinski definition) is 8. The molecule has 0 aromatic heterocycles. The Morgan fingerprint density at radius 1 is 0.769 bits per heavy atom. The van der Waals surface area contributed by atoms with E-state index in [9.17, 15) is 39.3 Å².